The highest BCUT2D eigenvalue weighted by Gasteiger charge is 2.16. The summed E-state index contributed by atoms with van der Waals surface area (Å²) in [6, 6.07) is 6.65. The standard InChI is InChI=1S/C17H10F2N4OS/c18-15(19)10-5-9(6-20-7-10)11-8-25-14-13(11)22-16(23-17(14)24)12-3-1-2-4-21-12/h1-8,15H,(H,22,23,24). The van der Waals surface area contributed by atoms with E-state index in [9.17, 15) is 13.6 Å². The molecule has 0 bridgehead atoms. The zero-order valence-electron chi connectivity index (χ0n) is 12.6. The van der Waals surface area contributed by atoms with Crippen molar-refractivity contribution >= 4 is 21.6 Å². The van der Waals surface area contributed by atoms with E-state index in [2.05, 4.69) is 19.9 Å². The molecular formula is C17H10F2N4OS. The number of hydrogen-bond acceptors (Lipinski definition) is 5. The summed E-state index contributed by atoms with van der Waals surface area (Å²) in [6.07, 6.45) is 1.60. The van der Waals surface area contributed by atoms with Gasteiger partial charge in [0.2, 0.25) is 0 Å². The molecule has 0 radical (unpaired) electrons. The Kier molecular flexibility index (Phi) is 3.81. The fourth-order valence-electron chi connectivity index (χ4n) is 2.48. The molecule has 0 atom stereocenters. The van der Waals surface area contributed by atoms with Crippen LogP contribution >= 0.6 is 11.3 Å². The lowest BCUT2D eigenvalue weighted by atomic mass is 10.1. The van der Waals surface area contributed by atoms with Crippen molar-refractivity contribution in [2.45, 2.75) is 6.43 Å². The molecule has 0 saturated carbocycles. The van der Waals surface area contributed by atoms with Crippen LogP contribution in [0.25, 0.3) is 32.9 Å². The van der Waals surface area contributed by atoms with E-state index >= 15 is 0 Å². The minimum atomic E-state index is -2.61. The Labute approximate surface area is 144 Å². The van der Waals surface area contributed by atoms with Gasteiger partial charge in [-0.2, -0.15) is 0 Å². The number of halogens is 2. The molecule has 0 aromatic carbocycles. The van der Waals surface area contributed by atoms with Gasteiger partial charge in [-0.25, -0.2) is 13.8 Å². The highest BCUT2D eigenvalue weighted by atomic mass is 32.1. The van der Waals surface area contributed by atoms with E-state index in [4.69, 9.17) is 0 Å². The van der Waals surface area contributed by atoms with Gasteiger partial charge in [-0.05, 0) is 18.2 Å². The molecule has 4 heterocycles. The summed E-state index contributed by atoms with van der Waals surface area (Å²) in [5.41, 5.74) is 1.60. The van der Waals surface area contributed by atoms with Gasteiger partial charge in [-0.1, -0.05) is 6.07 Å². The molecule has 0 amide bonds. The average Bonchev–Trinajstić information content (AvgIpc) is 3.07. The van der Waals surface area contributed by atoms with Crippen molar-refractivity contribution in [2.24, 2.45) is 0 Å². The molecular weight excluding hydrogens is 346 g/mol. The molecule has 0 aliphatic rings. The number of aromatic amines is 1. The second-order valence-electron chi connectivity index (χ2n) is 5.26. The number of alkyl halides is 2. The van der Waals surface area contributed by atoms with Crippen LogP contribution in [0.3, 0.4) is 0 Å². The van der Waals surface area contributed by atoms with Crippen molar-refractivity contribution in [1.29, 1.82) is 0 Å². The zero-order chi connectivity index (χ0) is 17.4. The maximum atomic E-state index is 12.9. The van der Waals surface area contributed by atoms with Gasteiger partial charge in [0.15, 0.2) is 5.82 Å². The second kappa shape index (κ2) is 6.14. The highest BCUT2D eigenvalue weighted by Crippen LogP contribution is 2.33. The van der Waals surface area contributed by atoms with Gasteiger partial charge in [-0.15, -0.1) is 11.3 Å². The van der Waals surface area contributed by atoms with E-state index in [0.29, 0.717) is 32.9 Å². The number of hydrogen-bond donors (Lipinski definition) is 1. The number of aromatic nitrogens is 4. The fourth-order valence-corrected chi connectivity index (χ4v) is 3.39. The van der Waals surface area contributed by atoms with Crippen LogP contribution in [-0.2, 0) is 0 Å². The first-order chi connectivity index (χ1) is 12.1. The SMILES string of the molecule is O=c1[nH]c(-c2ccccn2)nc2c(-c3cncc(C(F)F)c3)csc12. The largest absolute Gasteiger partial charge is 0.304 e. The van der Waals surface area contributed by atoms with Crippen molar-refractivity contribution in [3.8, 4) is 22.6 Å². The minimum absolute atomic E-state index is 0.174. The van der Waals surface area contributed by atoms with E-state index < -0.39 is 6.43 Å². The molecule has 124 valence electrons. The third kappa shape index (κ3) is 2.80. The quantitative estimate of drug-likeness (QED) is 0.601. The Balaban J connectivity index is 1.93. The first-order valence-corrected chi connectivity index (χ1v) is 8.18. The van der Waals surface area contributed by atoms with Crippen LogP contribution in [0.5, 0.6) is 0 Å². The number of nitrogens with one attached hydrogen (secondary N) is 1. The molecule has 0 fully saturated rings. The van der Waals surface area contributed by atoms with Gasteiger partial charge >= 0.3 is 0 Å². The highest BCUT2D eigenvalue weighted by molar-refractivity contribution is 7.17. The van der Waals surface area contributed by atoms with Gasteiger partial charge in [0.25, 0.3) is 12.0 Å². The molecule has 8 heteroatoms. The molecule has 1 N–H and O–H groups in total. The topological polar surface area (TPSA) is 71.5 Å². The monoisotopic (exact) mass is 356 g/mol. The number of nitrogens with zero attached hydrogens (tertiary/aromatic N) is 3. The number of rotatable bonds is 3. The lowest BCUT2D eigenvalue weighted by Gasteiger charge is -2.04. The summed E-state index contributed by atoms with van der Waals surface area (Å²) in [4.78, 5) is 27.6. The number of thiophene rings is 1. The van der Waals surface area contributed by atoms with Crippen molar-refractivity contribution < 1.29 is 8.78 Å². The normalized spacial score (nSPS) is 11.3. The zero-order valence-corrected chi connectivity index (χ0v) is 13.4. The van der Waals surface area contributed by atoms with E-state index in [1.54, 1.807) is 29.8 Å². The Morgan fingerprint density at radius 1 is 1.20 bits per heavy atom. The summed E-state index contributed by atoms with van der Waals surface area (Å²) in [6.45, 7) is 0. The third-order valence-corrected chi connectivity index (χ3v) is 4.62. The molecule has 4 aromatic heterocycles. The van der Waals surface area contributed by atoms with Crippen molar-refractivity contribution in [2.75, 3.05) is 0 Å². The average molecular weight is 356 g/mol. The lowest BCUT2D eigenvalue weighted by molar-refractivity contribution is 0.151. The molecule has 4 rings (SSSR count). The first kappa shape index (κ1) is 15.5. The van der Waals surface area contributed by atoms with E-state index in [0.717, 1.165) is 6.20 Å². The van der Waals surface area contributed by atoms with E-state index in [-0.39, 0.29) is 11.1 Å². The predicted molar refractivity (Wildman–Crippen MR) is 91.7 cm³/mol. The fraction of sp³-hybridized carbons (Fsp3) is 0.0588. The predicted octanol–water partition coefficient (Wildman–Crippen LogP) is 4.05. The Bertz CT molecular complexity index is 1110. The summed E-state index contributed by atoms with van der Waals surface area (Å²) >= 11 is 1.21. The smallest absolute Gasteiger partial charge is 0.269 e. The Morgan fingerprint density at radius 2 is 2.08 bits per heavy atom. The van der Waals surface area contributed by atoms with Crippen LogP contribution in [-0.4, -0.2) is 19.9 Å². The van der Waals surface area contributed by atoms with Crippen LogP contribution in [0, 0.1) is 0 Å². The van der Waals surface area contributed by atoms with Gasteiger partial charge < -0.3 is 4.98 Å². The first-order valence-electron chi connectivity index (χ1n) is 7.30. The summed E-state index contributed by atoms with van der Waals surface area (Å²) in [5, 5.41) is 1.72. The lowest BCUT2D eigenvalue weighted by Crippen LogP contribution is -2.08. The van der Waals surface area contributed by atoms with Crippen LogP contribution in [0.2, 0.25) is 0 Å². The Hall–Kier alpha value is -3.00. The molecule has 5 nitrogen and oxygen atoms in total. The van der Waals surface area contributed by atoms with Crippen molar-refractivity contribution in [3.05, 3.63) is 64.2 Å². The third-order valence-electron chi connectivity index (χ3n) is 3.66. The number of fused-ring (bicyclic) bond motifs is 1. The molecule has 0 spiro atoms. The van der Waals surface area contributed by atoms with Gasteiger partial charge in [-0.3, -0.25) is 14.8 Å². The van der Waals surface area contributed by atoms with Crippen molar-refractivity contribution in [1.82, 2.24) is 19.9 Å². The maximum absolute atomic E-state index is 12.9. The minimum Gasteiger partial charge on any atom is -0.304 e. The summed E-state index contributed by atoms with van der Waals surface area (Å²) in [7, 11) is 0. The molecule has 0 aliphatic heterocycles. The van der Waals surface area contributed by atoms with Crippen LogP contribution in [0.1, 0.15) is 12.0 Å². The molecule has 0 aliphatic carbocycles. The van der Waals surface area contributed by atoms with Gasteiger partial charge in [0.1, 0.15) is 10.4 Å². The van der Waals surface area contributed by atoms with E-state index in [1.165, 1.54) is 23.6 Å². The Morgan fingerprint density at radius 3 is 2.84 bits per heavy atom. The molecule has 25 heavy (non-hydrogen) atoms. The number of pyridine rings is 2. The van der Waals surface area contributed by atoms with Gasteiger partial charge in [0.05, 0.1) is 5.52 Å². The van der Waals surface area contributed by atoms with E-state index in [1.807, 2.05) is 0 Å². The van der Waals surface area contributed by atoms with Crippen LogP contribution < -0.4 is 5.56 Å². The summed E-state index contributed by atoms with van der Waals surface area (Å²) in [5.74, 6) is 0.329. The molecule has 0 saturated heterocycles. The van der Waals surface area contributed by atoms with Crippen LogP contribution in [0.4, 0.5) is 8.78 Å². The maximum Gasteiger partial charge on any atom is 0.269 e. The second-order valence-corrected chi connectivity index (χ2v) is 6.14. The molecule has 4 aromatic rings. The van der Waals surface area contributed by atoms with Crippen molar-refractivity contribution in [3.63, 3.8) is 0 Å². The number of H-pyrrole nitrogens is 1. The van der Waals surface area contributed by atoms with Crippen LogP contribution in [0.15, 0.2) is 53.0 Å². The summed E-state index contributed by atoms with van der Waals surface area (Å²) < 4.78 is 26.3. The van der Waals surface area contributed by atoms with Gasteiger partial charge in [0, 0.05) is 40.7 Å². The molecule has 0 unspecified atom stereocenters.